The number of aromatic nitrogens is 4. The molecule has 2 N–H and O–H groups in total. The lowest BCUT2D eigenvalue weighted by Crippen LogP contribution is -2.26. The number of hydrogen-bond donors (Lipinski definition) is 2. The summed E-state index contributed by atoms with van der Waals surface area (Å²) in [6.45, 7) is 0.561. The molecule has 0 unspecified atom stereocenters. The van der Waals surface area contributed by atoms with E-state index in [4.69, 9.17) is 0 Å². The maximum atomic E-state index is 12.1. The molecule has 0 spiro atoms. The summed E-state index contributed by atoms with van der Waals surface area (Å²) >= 11 is 0. The Morgan fingerprint density at radius 2 is 2.25 bits per heavy atom. The molecule has 2 aromatic heterocycles. The Hall–Kier alpha value is -2.63. The number of aromatic amines is 1. The van der Waals surface area contributed by atoms with Crippen molar-refractivity contribution in [2.24, 2.45) is 7.05 Å². The molecule has 0 aliphatic rings. The van der Waals surface area contributed by atoms with Crippen molar-refractivity contribution in [2.45, 2.75) is 6.42 Å². The van der Waals surface area contributed by atoms with Gasteiger partial charge in [0, 0.05) is 25.2 Å². The molecule has 1 amide bonds. The number of nitrogens with one attached hydrogen (secondary N) is 2. The van der Waals surface area contributed by atoms with Gasteiger partial charge in [-0.2, -0.15) is 10.2 Å². The SMILES string of the molecule is Cn1cc(CCNC(=O)c2n[nH]c3ccccc23)cn1. The topological polar surface area (TPSA) is 75.6 Å². The van der Waals surface area contributed by atoms with Crippen LogP contribution in [0.4, 0.5) is 0 Å². The first-order chi connectivity index (χ1) is 9.74. The van der Waals surface area contributed by atoms with Crippen molar-refractivity contribution in [1.82, 2.24) is 25.3 Å². The van der Waals surface area contributed by atoms with E-state index in [-0.39, 0.29) is 5.91 Å². The molecule has 0 saturated heterocycles. The summed E-state index contributed by atoms with van der Waals surface area (Å²) < 4.78 is 1.75. The fraction of sp³-hybridized carbons (Fsp3) is 0.214. The van der Waals surface area contributed by atoms with Crippen LogP contribution < -0.4 is 5.32 Å². The highest BCUT2D eigenvalue weighted by Gasteiger charge is 2.12. The lowest BCUT2D eigenvalue weighted by Gasteiger charge is -2.02. The second-order valence-electron chi connectivity index (χ2n) is 4.65. The minimum atomic E-state index is -0.161. The van der Waals surface area contributed by atoms with Crippen LogP contribution in [0.15, 0.2) is 36.7 Å². The van der Waals surface area contributed by atoms with E-state index in [1.807, 2.05) is 37.5 Å². The number of rotatable bonds is 4. The number of amides is 1. The average Bonchev–Trinajstić information content (AvgIpc) is 3.05. The Morgan fingerprint density at radius 3 is 3.05 bits per heavy atom. The van der Waals surface area contributed by atoms with Crippen LogP contribution in [0.5, 0.6) is 0 Å². The number of carbonyl (C=O) groups excluding carboxylic acids is 1. The van der Waals surface area contributed by atoms with E-state index in [1.54, 1.807) is 10.9 Å². The van der Waals surface area contributed by atoms with Crippen molar-refractivity contribution in [3.63, 3.8) is 0 Å². The number of carbonyl (C=O) groups is 1. The fourth-order valence-corrected chi connectivity index (χ4v) is 2.14. The van der Waals surface area contributed by atoms with E-state index >= 15 is 0 Å². The second-order valence-corrected chi connectivity index (χ2v) is 4.65. The number of H-pyrrole nitrogens is 1. The molecular formula is C14H15N5O. The predicted octanol–water partition coefficient (Wildman–Crippen LogP) is 1.27. The summed E-state index contributed by atoms with van der Waals surface area (Å²) in [4.78, 5) is 12.1. The van der Waals surface area contributed by atoms with Crippen molar-refractivity contribution in [3.8, 4) is 0 Å². The molecule has 0 saturated carbocycles. The molecule has 6 nitrogen and oxygen atoms in total. The Balaban J connectivity index is 1.64. The van der Waals surface area contributed by atoms with Crippen LogP contribution in [-0.4, -0.2) is 32.4 Å². The van der Waals surface area contributed by atoms with Gasteiger partial charge in [-0.25, -0.2) is 0 Å². The number of aryl methyl sites for hydroxylation is 1. The Bertz CT molecular complexity index is 743. The van der Waals surface area contributed by atoms with E-state index in [1.165, 1.54) is 0 Å². The molecule has 3 aromatic rings. The van der Waals surface area contributed by atoms with Crippen LogP contribution >= 0.6 is 0 Å². The quantitative estimate of drug-likeness (QED) is 0.749. The first-order valence-electron chi connectivity index (χ1n) is 6.43. The smallest absolute Gasteiger partial charge is 0.272 e. The largest absolute Gasteiger partial charge is 0.350 e. The zero-order chi connectivity index (χ0) is 13.9. The molecule has 0 aliphatic heterocycles. The minimum absolute atomic E-state index is 0.161. The van der Waals surface area contributed by atoms with E-state index in [0.717, 1.165) is 22.9 Å². The van der Waals surface area contributed by atoms with Gasteiger partial charge in [-0.15, -0.1) is 0 Å². The lowest BCUT2D eigenvalue weighted by atomic mass is 10.2. The average molecular weight is 269 g/mol. The van der Waals surface area contributed by atoms with E-state index in [0.29, 0.717) is 12.2 Å². The molecule has 0 radical (unpaired) electrons. The normalized spacial score (nSPS) is 10.8. The third kappa shape index (κ3) is 2.40. The number of para-hydroxylation sites is 1. The molecule has 0 fully saturated rings. The molecule has 0 aliphatic carbocycles. The van der Waals surface area contributed by atoms with Gasteiger partial charge in [-0.05, 0) is 18.1 Å². The molecule has 2 heterocycles. The predicted molar refractivity (Wildman–Crippen MR) is 75.3 cm³/mol. The summed E-state index contributed by atoms with van der Waals surface area (Å²) in [7, 11) is 1.87. The molecule has 1 aromatic carbocycles. The van der Waals surface area contributed by atoms with Gasteiger partial charge in [-0.1, -0.05) is 18.2 Å². The highest BCUT2D eigenvalue weighted by atomic mass is 16.1. The lowest BCUT2D eigenvalue weighted by molar-refractivity contribution is 0.0950. The monoisotopic (exact) mass is 269 g/mol. The summed E-state index contributed by atoms with van der Waals surface area (Å²) in [6, 6.07) is 7.58. The molecule has 0 atom stereocenters. The van der Waals surface area contributed by atoms with E-state index in [2.05, 4.69) is 20.6 Å². The number of fused-ring (bicyclic) bond motifs is 1. The van der Waals surface area contributed by atoms with Gasteiger partial charge in [0.25, 0.3) is 5.91 Å². The Morgan fingerprint density at radius 1 is 1.40 bits per heavy atom. The van der Waals surface area contributed by atoms with Gasteiger partial charge in [0.15, 0.2) is 5.69 Å². The van der Waals surface area contributed by atoms with Crippen LogP contribution in [0.2, 0.25) is 0 Å². The van der Waals surface area contributed by atoms with Crippen LogP contribution in [-0.2, 0) is 13.5 Å². The summed E-state index contributed by atoms with van der Waals surface area (Å²) in [6.07, 6.45) is 4.49. The van der Waals surface area contributed by atoms with Crippen molar-refractivity contribution in [3.05, 3.63) is 47.9 Å². The number of nitrogens with zero attached hydrogens (tertiary/aromatic N) is 3. The minimum Gasteiger partial charge on any atom is -0.350 e. The van der Waals surface area contributed by atoms with Gasteiger partial charge in [0.2, 0.25) is 0 Å². The Kier molecular flexibility index (Phi) is 3.20. The molecule has 6 heteroatoms. The molecule has 102 valence electrons. The van der Waals surface area contributed by atoms with E-state index in [9.17, 15) is 4.79 Å². The number of hydrogen-bond acceptors (Lipinski definition) is 3. The first-order valence-corrected chi connectivity index (χ1v) is 6.43. The van der Waals surface area contributed by atoms with Gasteiger partial charge < -0.3 is 5.32 Å². The highest BCUT2D eigenvalue weighted by molar-refractivity contribution is 6.04. The fourth-order valence-electron chi connectivity index (χ4n) is 2.14. The third-order valence-corrected chi connectivity index (χ3v) is 3.14. The van der Waals surface area contributed by atoms with Crippen molar-refractivity contribution in [2.75, 3.05) is 6.54 Å². The van der Waals surface area contributed by atoms with Crippen LogP contribution in [0.25, 0.3) is 10.9 Å². The molecule has 20 heavy (non-hydrogen) atoms. The molecule has 0 bridgehead atoms. The number of benzene rings is 1. The van der Waals surface area contributed by atoms with Gasteiger partial charge >= 0.3 is 0 Å². The standard InChI is InChI=1S/C14H15N5O/c1-19-9-10(8-16-19)6-7-15-14(20)13-11-4-2-3-5-12(11)17-18-13/h2-5,8-9H,6-7H2,1H3,(H,15,20)(H,17,18). The first kappa shape index (κ1) is 12.4. The molecule has 3 rings (SSSR count). The van der Waals surface area contributed by atoms with Crippen molar-refractivity contribution in [1.29, 1.82) is 0 Å². The zero-order valence-corrected chi connectivity index (χ0v) is 11.1. The summed E-state index contributed by atoms with van der Waals surface area (Å²) in [5.41, 5.74) is 2.40. The van der Waals surface area contributed by atoms with E-state index < -0.39 is 0 Å². The van der Waals surface area contributed by atoms with Gasteiger partial charge in [-0.3, -0.25) is 14.6 Å². The highest BCUT2D eigenvalue weighted by Crippen LogP contribution is 2.14. The van der Waals surface area contributed by atoms with Crippen LogP contribution in [0.3, 0.4) is 0 Å². The van der Waals surface area contributed by atoms with Gasteiger partial charge in [0.1, 0.15) is 0 Å². The maximum Gasteiger partial charge on any atom is 0.272 e. The molecular weight excluding hydrogens is 254 g/mol. The zero-order valence-electron chi connectivity index (χ0n) is 11.1. The summed E-state index contributed by atoms with van der Waals surface area (Å²) in [5, 5.41) is 14.7. The maximum absolute atomic E-state index is 12.1. The third-order valence-electron chi connectivity index (χ3n) is 3.14. The van der Waals surface area contributed by atoms with Crippen molar-refractivity contribution >= 4 is 16.8 Å². The van der Waals surface area contributed by atoms with Crippen molar-refractivity contribution < 1.29 is 4.79 Å². The van der Waals surface area contributed by atoms with Gasteiger partial charge in [0.05, 0.1) is 11.7 Å². The summed E-state index contributed by atoms with van der Waals surface area (Å²) in [5.74, 6) is -0.161. The van der Waals surface area contributed by atoms with Crippen LogP contribution in [0, 0.1) is 0 Å². The Labute approximate surface area is 115 Å². The van der Waals surface area contributed by atoms with Crippen LogP contribution in [0.1, 0.15) is 16.1 Å². The second kappa shape index (κ2) is 5.16.